The van der Waals surface area contributed by atoms with Crippen LogP contribution in [0.5, 0.6) is 0 Å². The zero-order valence-corrected chi connectivity index (χ0v) is 17.4. The first-order valence-electron chi connectivity index (χ1n) is 9.91. The molecule has 0 radical (unpaired) electrons. The molecule has 1 fully saturated rings. The Labute approximate surface area is 168 Å². The van der Waals surface area contributed by atoms with E-state index >= 15 is 0 Å². The number of nitrogens with zero attached hydrogens (tertiary/aromatic N) is 2. The summed E-state index contributed by atoms with van der Waals surface area (Å²) in [5.74, 6) is -0.714. The van der Waals surface area contributed by atoms with Crippen molar-refractivity contribution in [3.8, 4) is 0 Å². The quantitative estimate of drug-likeness (QED) is 0.584. The fourth-order valence-corrected chi connectivity index (χ4v) is 4.48. The zero-order chi connectivity index (χ0) is 20.4. The van der Waals surface area contributed by atoms with Gasteiger partial charge in [-0.25, -0.2) is 8.42 Å². The normalized spacial score (nSPS) is 15.4. The molecule has 1 aliphatic heterocycles. The molecule has 7 nitrogen and oxygen atoms in total. The highest BCUT2D eigenvalue weighted by atomic mass is 32.2. The van der Waals surface area contributed by atoms with Crippen molar-refractivity contribution >= 4 is 21.7 Å². The van der Waals surface area contributed by atoms with Crippen molar-refractivity contribution in [3.63, 3.8) is 0 Å². The molecular weight excluding hydrogens is 378 g/mol. The standard InChI is InChI=1S/C20H31N3O4S/c1-2-3-7-14-28(26,27)17-20(25)23-12-10-22(11-13-23)16-19(24)21-15-18-8-5-4-6-9-18/h4-6,8-9H,2-3,7,10-17H2,1H3,(H,21,24). The lowest BCUT2D eigenvalue weighted by atomic mass is 10.2. The summed E-state index contributed by atoms with van der Waals surface area (Å²) in [6, 6.07) is 9.72. The van der Waals surface area contributed by atoms with Crippen LogP contribution >= 0.6 is 0 Å². The van der Waals surface area contributed by atoms with Gasteiger partial charge in [-0.3, -0.25) is 14.5 Å². The van der Waals surface area contributed by atoms with Crippen molar-refractivity contribution in [3.05, 3.63) is 35.9 Å². The molecule has 156 valence electrons. The summed E-state index contributed by atoms with van der Waals surface area (Å²) in [6.07, 6.45) is 2.42. The topological polar surface area (TPSA) is 86.8 Å². The van der Waals surface area contributed by atoms with Crippen molar-refractivity contribution in [1.82, 2.24) is 15.1 Å². The molecule has 0 atom stereocenters. The minimum atomic E-state index is -3.34. The Morgan fingerprint density at radius 3 is 2.36 bits per heavy atom. The van der Waals surface area contributed by atoms with Crippen LogP contribution in [-0.4, -0.2) is 74.3 Å². The lowest BCUT2D eigenvalue weighted by Crippen LogP contribution is -2.52. The monoisotopic (exact) mass is 409 g/mol. The Morgan fingerprint density at radius 1 is 1.04 bits per heavy atom. The summed E-state index contributed by atoms with van der Waals surface area (Å²) in [6.45, 7) is 4.84. The van der Waals surface area contributed by atoms with Gasteiger partial charge in [0.15, 0.2) is 9.84 Å². The predicted molar refractivity (Wildman–Crippen MR) is 109 cm³/mol. The average molecular weight is 410 g/mol. The Balaban J connectivity index is 1.68. The number of piperazine rings is 1. The first-order valence-corrected chi connectivity index (χ1v) is 11.7. The van der Waals surface area contributed by atoms with Gasteiger partial charge in [-0.2, -0.15) is 0 Å². The van der Waals surface area contributed by atoms with E-state index in [1.165, 1.54) is 0 Å². The summed E-state index contributed by atoms with van der Waals surface area (Å²) in [4.78, 5) is 28.0. The van der Waals surface area contributed by atoms with Crippen LogP contribution in [0.2, 0.25) is 0 Å². The highest BCUT2D eigenvalue weighted by Crippen LogP contribution is 2.06. The molecular formula is C20H31N3O4S. The molecule has 1 saturated heterocycles. The van der Waals surface area contributed by atoms with E-state index < -0.39 is 15.6 Å². The van der Waals surface area contributed by atoms with Crippen LogP contribution in [0.4, 0.5) is 0 Å². The second-order valence-corrected chi connectivity index (χ2v) is 9.40. The van der Waals surface area contributed by atoms with Gasteiger partial charge in [-0.05, 0) is 12.0 Å². The fraction of sp³-hybridized carbons (Fsp3) is 0.600. The molecule has 2 rings (SSSR count). The number of benzene rings is 1. The number of sulfone groups is 1. The van der Waals surface area contributed by atoms with E-state index in [0.717, 1.165) is 18.4 Å². The van der Waals surface area contributed by atoms with Crippen LogP contribution in [-0.2, 0) is 26.0 Å². The first-order chi connectivity index (χ1) is 13.4. The largest absolute Gasteiger partial charge is 0.351 e. The maximum absolute atomic E-state index is 12.3. The first kappa shape index (κ1) is 22.4. The molecule has 8 heteroatoms. The zero-order valence-electron chi connectivity index (χ0n) is 16.6. The van der Waals surface area contributed by atoms with Gasteiger partial charge in [0.25, 0.3) is 0 Å². The number of carbonyl (C=O) groups excluding carboxylic acids is 2. The predicted octanol–water partition coefficient (Wildman–Crippen LogP) is 1.05. The molecule has 1 heterocycles. The molecule has 1 aromatic rings. The summed E-state index contributed by atoms with van der Waals surface area (Å²) in [7, 11) is -3.34. The number of hydrogen-bond acceptors (Lipinski definition) is 5. The molecule has 0 bridgehead atoms. The maximum Gasteiger partial charge on any atom is 0.237 e. The van der Waals surface area contributed by atoms with Crippen LogP contribution in [0.3, 0.4) is 0 Å². The molecule has 2 amide bonds. The van der Waals surface area contributed by atoms with Crippen LogP contribution < -0.4 is 5.32 Å². The molecule has 28 heavy (non-hydrogen) atoms. The Kier molecular flexibility index (Phi) is 8.92. The van der Waals surface area contributed by atoms with E-state index in [0.29, 0.717) is 39.1 Å². The third kappa shape index (κ3) is 7.98. The fourth-order valence-electron chi connectivity index (χ4n) is 3.13. The van der Waals surface area contributed by atoms with Crippen LogP contribution in [0, 0.1) is 0 Å². The smallest absolute Gasteiger partial charge is 0.237 e. The van der Waals surface area contributed by atoms with E-state index in [1.54, 1.807) is 4.90 Å². The highest BCUT2D eigenvalue weighted by Gasteiger charge is 2.25. The summed E-state index contributed by atoms with van der Waals surface area (Å²) < 4.78 is 24.1. The van der Waals surface area contributed by atoms with E-state index in [1.807, 2.05) is 42.2 Å². The highest BCUT2D eigenvalue weighted by molar-refractivity contribution is 7.92. The number of nitrogens with one attached hydrogen (secondary N) is 1. The molecule has 0 aliphatic carbocycles. The number of carbonyl (C=O) groups is 2. The Morgan fingerprint density at radius 2 is 1.71 bits per heavy atom. The van der Waals surface area contributed by atoms with Gasteiger partial charge >= 0.3 is 0 Å². The average Bonchev–Trinajstić information content (AvgIpc) is 2.67. The van der Waals surface area contributed by atoms with Gasteiger partial charge < -0.3 is 10.2 Å². The summed E-state index contributed by atoms with van der Waals surface area (Å²) >= 11 is 0. The third-order valence-corrected chi connectivity index (χ3v) is 6.42. The third-order valence-electron chi connectivity index (χ3n) is 4.83. The van der Waals surface area contributed by atoms with Crippen LogP contribution in [0.15, 0.2) is 30.3 Å². The Hall–Kier alpha value is -1.93. The molecule has 0 unspecified atom stereocenters. The summed E-state index contributed by atoms with van der Waals surface area (Å²) in [5, 5.41) is 2.90. The summed E-state index contributed by atoms with van der Waals surface area (Å²) in [5.41, 5.74) is 1.05. The van der Waals surface area contributed by atoms with Gasteiger partial charge in [0.05, 0.1) is 12.3 Å². The number of amides is 2. The lowest BCUT2D eigenvalue weighted by molar-refractivity contribution is -0.130. The van der Waals surface area contributed by atoms with Crippen LogP contribution in [0.25, 0.3) is 0 Å². The minimum absolute atomic E-state index is 0.0536. The maximum atomic E-state index is 12.3. The number of rotatable bonds is 10. The van der Waals surface area contributed by atoms with E-state index in [-0.39, 0.29) is 24.1 Å². The van der Waals surface area contributed by atoms with Gasteiger partial charge in [0, 0.05) is 32.7 Å². The molecule has 1 aromatic carbocycles. The molecule has 1 aliphatic rings. The second-order valence-electron chi connectivity index (χ2n) is 7.22. The van der Waals surface area contributed by atoms with E-state index in [9.17, 15) is 18.0 Å². The van der Waals surface area contributed by atoms with Crippen molar-refractivity contribution in [1.29, 1.82) is 0 Å². The van der Waals surface area contributed by atoms with Crippen molar-refractivity contribution in [2.24, 2.45) is 0 Å². The minimum Gasteiger partial charge on any atom is -0.351 e. The van der Waals surface area contributed by atoms with Gasteiger partial charge in [-0.15, -0.1) is 0 Å². The molecule has 0 aromatic heterocycles. The van der Waals surface area contributed by atoms with Gasteiger partial charge in [-0.1, -0.05) is 50.1 Å². The second kappa shape index (κ2) is 11.2. The number of hydrogen-bond donors (Lipinski definition) is 1. The van der Waals surface area contributed by atoms with Crippen LogP contribution in [0.1, 0.15) is 31.7 Å². The van der Waals surface area contributed by atoms with Crippen molar-refractivity contribution in [2.75, 3.05) is 44.2 Å². The SMILES string of the molecule is CCCCCS(=O)(=O)CC(=O)N1CCN(CC(=O)NCc2ccccc2)CC1. The van der Waals surface area contributed by atoms with Crippen molar-refractivity contribution < 1.29 is 18.0 Å². The molecule has 0 spiro atoms. The number of unbranched alkanes of at least 4 members (excludes halogenated alkanes) is 2. The Bertz CT molecular complexity index is 729. The van der Waals surface area contributed by atoms with Gasteiger partial charge in [0.1, 0.15) is 5.75 Å². The lowest BCUT2D eigenvalue weighted by Gasteiger charge is -2.34. The molecule has 0 saturated carbocycles. The van der Waals surface area contributed by atoms with Gasteiger partial charge in [0.2, 0.25) is 11.8 Å². The van der Waals surface area contributed by atoms with E-state index in [2.05, 4.69) is 5.32 Å². The van der Waals surface area contributed by atoms with E-state index in [4.69, 9.17) is 0 Å². The van der Waals surface area contributed by atoms with Crippen molar-refractivity contribution in [2.45, 2.75) is 32.7 Å². The molecule has 1 N–H and O–H groups in total.